The van der Waals surface area contributed by atoms with E-state index in [9.17, 15) is 8.42 Å². The number of rotatable bonds is 12. The molecule has 0 radical (unpaired) electrons. The van der Waals surface area contributed by atoms with Crippen molar-refractivity contribution in [2.45, 2.75) is 51.8 Å². The maximum Gasteiger partial charge on any atom is 0.243 e. The van der Waals surface area contributed by atoms with Gasteiger partial charge in [0.25, 0.3) is 0 Å². The van der Waals surface area contributed by atoms with E-state index < -0.39 is 35.0 Å². The average molecular weight is 524 g/mol. The summed E-state index contributed by atoms with van der Waals surface area (Å²) in [6.45, 7) is 6.31. The van der Waals surface area contributed by atoms with Gasteiger partial charge in [0.1, 0.15) is 35.1 Å². The van der Waals surface area contributed by atoms with Crippen LogP contribution in [0.2, 0.25) is 0 Å². The molecule has 0 aliphatic heterocycles. The Morgan fingerprint density at radius 2 is 1.72 bits per heavy atom. The number of aromatic nitrogens is 5. The number of hydrogen-bond acceptors (Lipinski definition) is 10. The zero-order valence-electron chi connectivity index (χ0n) is 23.9. The molecule has 0 spiro atoms. The number of sulfonamides is 1. The number of anilines is 1. The van der Waals surface area contributed by atoms with E-state index in [1.807, 2.05) is 6.92 Å². The van der Waals surface area contributed by atoms with Crippen LogP contribution in [-0.2, 0) is 26.1 Å². The van der Waals surface area contributed by atoms with Crippen LogP contribution in [-0.4, -0.2) is 65.8 Å². The smallest absolute Gasteiger partial charge is 0.243 e. The molecule has 1 aromatic carbocycles. The molecule has 0 amide bonds. The Bertz CT molecular complexity index is 1340. The first kappa shape index (κ1) is 23.1. The fourth-order valence-electron chi connectivity index (χ4n) is 3.43. The van der Waals surface area contributed by atoms with E-state index in [0.29, 0.717) is 0 Å². The number of ether oxygens (including phenoxy) is 4. The van der Waals surface area contributed by atoms with Crippen LogP contribution >= 0.6 is 0 Å². The Morgan fingerprint density at radius 3 is 2.28 bits per heavy atom. The van der Waals surface area contributed by atoms with Gasteiger partial charge in [-0.15, -0.1) is 10.2 Å². The molecule has 0 saturated heterocycles. The van der Waals surface area contributed by atoms with E-state index in [2.05, 4.69) is 24.9 Å². The van der Waals surface area contributed by atoms with Crippen molar-refractivity contribution in [3.8, 4) is 17.2 Å². The summed E-state index contributed by atoms with van der Waals surface area (Å²) in [5.74, 6) is 0.503. The number of nitrogens with zero attached hydrogens (tertiary/aromatic N) is 5. The first-order chi connectivity index (χ1) is 18.3. The van der Waals surface area contributed by atoms with E-state index >= 15 is 0 Å². The highest BCUT2D eigenvalue weighted by Crippen LogP contribution is 2.36. The molecule has 2 heterocycles. The summed E-state index contributed by atoms with van der Waals surface area (Å²) < 4.78 is 75.0. The predicted octanol–water partition coefficient (Wildman–Crippen LogP) is 2.83. The lowest BCUT2D eigenvalue weighted by atomic mass is 10.2. The van der Waals surface area contributed by atoms with Crippen LogP contribution in [0.15, 0.2) is 30.6 Å². The highest BCUT2D eigenvalue weighted by molar-refractivity contribution is 7.93. The summed E-state index contributed by atoms with van der Waals surface area (Å²) in [5.41, 5.74) is 1.04. The van der Waals surface area contributed by atoms with E-state index in [0.717, 1.165) is 5.56 Å². The van der Waals surface area contributed by atoms with Crippen molar-refractivity contribution >= 4 is 16.0 Å². The van der Waals surface area contributed by atoms with Crippen LogP contribution in [0.4, 0.5) is 5.95 Å². The highest BCUT2D eigenvalue weighted by Gasteiger charge is 2.36. The number of aryl methyl sites for hydroxylation is 1. The van der Waals surface area contributed by atoms with Gasteiger partial charge in [0.15, 0.2) is 11.6 Å². The molecule has 2 atom stereocenters. The first-order valence-electron chi connectivity index (χ1n) is 12.5. The zero-order chi connectivity index (χ0) is 29.0. The van der Waals surface area contributed by atoms with E-state index in [4.69, 9.17) is 23.1 Å². The van der Waals surface area contributed by atoms with Crippen LogP contribution in [0.1, 0.15) is 48.2 Å². The Labute approximate surface area is 215 Å². The van der Waals surface area contributed by atoms with Crippen LogP contribution in [0.25, 0.3) is 5.69 Å². The summed E-state index contributed by atoms with van der Waals surface area (Å²) in [5, 5.41) is 6.80. The summed E-state index contributed by atoms with van der Waals surface area (Å²) in [6, 6.07) is 4.91. The second-order valence-electron chi connectivity index (χ2n) is 8.15. The zero-order valence-corrected chi connectivity index (χ0v) is 21.7. The van der Waals surface area contributed by atoms with E-state index in [1.165, 1.54) is 25.7 Å². The quantitative estimate of drug-likeness (QED) is 0.377. The molecular formula is C23H32N6O6S. The molecule has 196 valence electrons. The maximum absolute atomic E-state index is 13.7. The van der Waals surface area contributed by atoms with Crippen LogP contribution in [0.5, 0.6) is 11.5 Å². The Kier molecular flexibility index (Phi) is 7.47. The lowest BCUT2D eigenvalue weighted by Crippen LogP contribution is -2.35. The maximum atomic E-state index is 13.7. The molecule has 0 saturated carbocycles. The van der Waals surface area contributed by atoms with Crippen molar-refractivity contribution in [2.24, 2.45) is 0 Å². The van der Waals surface area contributed by atoms with Gasteiger partial charge in [0, 0.05) is 19.4 Å². The molecule has 12 nitrogen and oxygen atoms in total. The molecule has 3 rings (SSSR count). The van der Waals surface area contributed by atoms with Crippen LogP contribution < -0.4 is 14.2 Å². The minimum absolute atomic E-state index is 0.0175. The third-order valence-electron chi connectivity index (χ3n) is 5.18. The van der Waals surface area contributed by atoms with Crippen molar-refractivity contribution in [3.05, 3.63) is 47.8 Å². The Hall–Kier alpha value is -3.29. The van der Waals surface area contributed by atoms with Gasteiger partial charge < -0.3 is 18.9 Å². The first-order valence-corrected chi connectivity index (χ1v) is 12.6. The van der Waals surface area contributed by atoms with E-state index in [-0.39, 0.29) is 40.9 Å². The number of methoxy groups -OCH3 is 3. The number of nitrogens with one attached hydrogen (secondary N) is 1. The third-order valence-corrected chi connectivity index (χ3v) is 6.87. The molecule has 0 fully saturated rings. The SMILES string of the molecule is [2H]C([2H])([2H])OCc1nnc(NS(=O)(=O)C(C)C(OC(C)C)c2ncc(C)cn2)n1-c1c(OC)cccc1OC. The second kappa shape index (κ2) is 11.6. The molecular weight excluding hydrogens is 488 g/mol. The van der Waals surface area contributed by atoms with Gasteiger partial charge in [-0.2, -0.15) is 0 Å². The second-order valence-corrected chi connectivity index (χ2v) is 10.2. The van der Waals surface area contributed by atoms with Crippen molar-refractivity contribution < 1.29 is 31.5 Å². The van der Waals surface area contributed by atoms with Gasteiger partial charge in [0.05, 0.1) is 24.4 Å². The third kappa shape index (κ3) is 5.91. The summed E-state index contributed by atoms with van der Waals surface area (Å²) in [6.07, 6.45) is 1.81. The summed E-state index contributed by atoms with van der Waals surface area (Å²) in [4.78, 5) is 8.54. The van der Waals surface area contributed by atoms with Gasteiger partial charge in [-0.3, -0.25) is 9.29 Å². The molecule has 2 unspecified atom stereocenters. The Balaban J connectivity index is 2.09. The largest absolute Gasteiger partial charge is 0.494 e. The molecule has 0 aliphatic rings. The molecule has 2 aromatic heterocycles. The topological polar surface area (TPSA) is 140 Å². The fraction of sp³-hybridized carbons (Fsp3) is 0.478. The lowest BCUT2D eigenvalue weighted by molar-refractivity contribution is 0.00152. The normalized spacial score (nSPS) is 15.0. The standard InChI is InChI=1S/C23H32N6O6S/c1-14(2)35-21(22-24-11-15(3)12-25-22)16(4)36(30,31)28-23-27-26-19(13-32-5)29(23)20-17(33-6)9-8-10-18(20)34-7/h8-12,14,16,21H,13H2,1-7H3,(H,27,28)/i5D3. The highest BCUT2D eigenvalue weighted by atomic mass is 32.2. The minimum Gasteiger partial charge on any atom is -0.494 e. The number of para-hydroxylation sites is 1. The van der Waals surface area contributed by atoms with Crippen molar-refractivity contribution in [1.82, 2.24) is 24.7 Å². The minimum atomic E-state index is -4.23. The monoisotopic (exact) mass is 523 g/mol. The van der Waals surface area contributed by atoms with E-state index in [1.54, 1.807) is 44.4 Å². The Morgan fingerprint density at radius 1 is 1.08 bits per heavy atom. The summed E-state index contributed by atoms with van der Waals surface area (Å²) >= 11 is 0. The van der Waals surface area contributed by atoms with Gasteiger partial charge >= 0.3 is 0 Å². The number of hydrogen-bond donors (Lipinski definition) is 1. The van der Waals surface area contributed by atoms with Crippen molar-refractivity contribution in [3.63, 3.8) is 0 Å². The molecule has 1 N–H and O–H groups in total. The molecule has 36 heavy (non-hydrogen) atoms. The van der Waals surface area contributed by atoms with Gasteiger partial charge in [-0.1, -0.05) is 6.07 Å². The van der Waals surface area contributed by atoms with Crippen molar-refractivity contribution in [2.75, 3.05) is 26.0 Å². The molecule has 0 bridgehead atoms. The van der Waals surface area contributed by atoms with Gasteiger partial charge in [0.2, 0.25) is 16.0 Å². The average Bonchev–Trinajstić information content (AvgIpc) is 3.26. The van der Waals surface area contributed by atoms with Gasteiger partial charge in [-0.25, -0.2) is 18.4 Å². The van der Waals surface area contributed by atoms with Crippen LogP contribution in [0.3, 0.4) is 0 Å². The molecule has 13 heteroatoms. The lowest BCUT2D eigenvalue weighted by Gasteiger charge is -2.25. The van der Waals surface area contributed by atoms with Crippen LogP contribution in [0, 0.1) is 6.92 Å². The summed E-state index contributed by atoms with van der Waals surface area (Å²) in [7, 11) is -4.12. The fourth-order valence-corrected chi connectivity index (χ4v) is 4.52. The molecule has 3 aromatic rings. The number of benzene rings is 1. The predicted molar refractivity (Wildman–Crippen MR) is 133 cm³/mol. The van der Waals surface area contributed by atoms with Crippen molar-refractivity contribution in [1.29, 1.82) is 0 Å². The molecule has 0 aliphatic carbocycles. The van der Waals surface area contributed by atoms with Gasteiger partial charge in [-0.05, 0) is 45.4 Å².